The summed E-state index contributed by atoms with van der Waals surface area (Å²) < 4.78 is 45.8. The fourth-order valence-electron chi connectivity index (χ4n) is 2.60. The first-order valence-electron chi connectivity index (χ1n) is 8.39. The van der Waals surface area contributed by atoms with E-state index in [2.05, 4.69) is 10.3 Å². The highest BCUT2D eigenvalue weighted by molar-refractivity contribution is 7.93. The fraction of sp³-hybridized carbons (Fsp3) is 0.158. The predicted octanol–water partition coefficient (Wildman–Crippen LogP) is 3.13. The number of ether oxygens (including phenoxy) is 1. The van der Waals surface area contributed by atoms with Crippen LogP contribution in [-0.4, -0.2) is 31.6 Å². The molecule has 7 nitrogen and oxygen atoms in total. The van der Waals surface area contributed by atoms with Crippen LogP contribution < -0.4 is 5.32 Å². The van der Waals surface area contributed by atoms with Crippen LogP contribution in [0.1, 0.15) is 10.4 Å². The third-order valence-electron chi connectivity index (χ3n) is 3.98. The molecule has 0 aliphatic rings. The number of carbonyl (C=O) groups is 1. The first-order chi connectivity index (χ1) is 13.9. The zero-order chi connectivity index (χ0) is 21.0. The van der Waals surface area contributed by atoms with E-state index in [-0.39, 0.29) is 33.4 Å². The topological polar surface area (TPSA) is 106 Å². The molecule has 29 heavy (non-hydrogen) atoms. The van der Waals surface area contributed by atoms with Gasteiger partial charge in [-0.3, -0.25) is 0 Å². The molecule has 0 saturated heterocycles. The number of sulfone groups is 1. The molecule has 0 saturated carbocycles. The Morgan fingerprint density at radius 3 is 2.72 bits per heavy atom. The van der Waals surface area contributed by atoms with Gasteiger partial charge in [0.15, 0.2) is 0 Å². The number of hydrogen-bond donors (Lipinski definition) is 2. The number of carbonyl (C=O) groups excluding carboxylic acids is 1. The summed E-state index contributed by atoms with van der Waals surface area (Å²) in [5, 5.41) is 11.6. The van der Waals surface area contributed by atoms with Gasteiger partial charge in [-0.2, -0.15) is 4.39 Å². The molecule has 0 unspecified atom stereocenters. The van der Waals surface area contributed by atoms with Gasteiger partial charge in [0.2, 0.25) is 15.8 Å². The number of benzene rings is 1. The van der Waals surface area contributed by atoms with Crippen molar-refractivity contribution in [1.82, 2.24) is 10.3 Å². The Kier molecular flexibility index (Phi) is 6.26. The van der Waals surface area contributed by atoms with Gasteiger partial charge in [0, 0.05) is 29.2 Å². The highest BCUT2D eigenvalue weighted by atomic mass is 32.2. The number of amides is 1. The molecule has 3 aromatic rings. The van der Waals surface area contributed by atoms with E-state index in [1.165, 1.54) is 49.6 Å². The maximum atomic E-state index is 14.3. The number of nitrogens with zero attached hydrogens (tertiary/aromatic N) is 1. The van der Waals surface area contributed by atoms with Gasteiger partial charge >= 0.3 is 6.09 Å². The minimum atomic E-state index is -4.03. The van der Waals surface area contributed by atoms with Crippen molar-refractivity contribution in [2.45, 2.75) is 22.3 Å². The molecule has 0 aliphatic carbocycles. The van der Waals surface area contributed by atoms with Gasteiger partial charge in [0.05, 0.1) is 11.5 Å². The highest BCUT2D eigenvalue weighted by Crippen LogP contribution is 2.39. The number of aliphatic hydroxyl groups is 1. The van der Waals surface area contributed by atoms with Crippen molar-refractivity contribution >= 4 is 27.3 Å². The Bertz CT molecular complexity index is 1150. The Hall–Kier alpha value is -2.82. The van der Waals surface area contributed by atoms with Crippen LogP contribution in [0.15, 0.2) is 57.8 Å². The third-order valence-corrected chi connectivity index (χ3v) is 7.38. The van der Waals surface area contributed by atoms with Crippen molar-refractivity contribution in [3.05, 3.63) is 65.0 Å². The van der Waals surface area contributed by atoms with Crippen molar-refractivity contribution in [1.29, 1.82) is 0 Å². The molecule has 0 atom stereocenters. The number of halogens is 1. The Labute approximate surface area is 170 Å². The molecule has 152 valence electrons. The van der Waals surface area contributed by atoms with Crippen molar-refractivity contribution < 1.29 is 27.4 Å². The number of rotatable bonds is 6. The Morgan fingerprint density at radius 1 is 1.24 bits per heavy atom. The average Bonchev–Trinajstić information content (AvgIpc) is 3.17. The molecule has 2 aromatic heterocycles. The number of alkyl carbamates (subject to hydrolysis) is 1. The fourth-order valence-corrected chi connectivity index (χ4v) is 5.69. The normalized spacial score (nSPS) is 11.3. The summed E-state index contributed by atoms with van der Waals surface area (Å²) >= 11 is 0.881. The quantitative estimate of drug-likeness (QED) is 0.575. The molecular formula is C19H17FN2O5S2. The summed E-state index contributed by atoms with van der Waals surface area (Å²) in [6, 6.07) is 10.3. The number of hydrogen-bond acceptors (Lipinski definition) is 7. The number of aliphatic hydroxyl groups excluding tert-OH is 1. The van der Waals surface area contributed by atoms with Crippen molar-refractivity contribution in [2.24, 2.45) is 0 Å². The monoisotopic (exact) mass is 436 g/mol. The molecule has 3 rings (SSSR count). The second-order valence-electron chi connectivity index (χ2n) is 5.89. The standard InChI is InChI=1S/C19H17FN2O5S2/c1-21-19(24)27-11-13-9-16(15-6-3-7-22-17(15)20)18(28-13)29(25,26)14-5-2-4-12(8-14)10-23/h2-9,23H,10-11H2,1H3,(H,21,24). The van der Waals surface area contributed by atoms with Gasteiger partial charge in [-0.25, -0.2) is 18.2 Å². The van der Waals surface area contributed by atoms with E-state index in [0.717, 1.165) is 11.3 Å². The van der Waals surface area contributed by atoms with E-state index in [1.807, 2.05) is 0 Å². The molecule has 0 fully saturated rings. The SMILES string of the molecule is CNC(=O)OCc1cc(-c2cccnc2F)c(S(=O)(=O)c2cccc(CO)c2)s1. The van der Waals surface area contributed by atoms with Crippen molar-refractivity contribution in [3.8, 4) is 11.1 Å². The lowest BCUT2D eigenvalue weighted by Gasteiger charge is -2.07. The summed E-state index contributed by atoms with van der Waals surface area (Å²) in [7, 11) is -2.63. The van der Waals surface area contributed by atoms with E-state index in [1.54, 1.807) is 6.07 Å². The van der Waals surface area contributed by atoms with Crippen LogP contribution in [0.2, 0.25) is 0 Å². The summed E-state index contributed by atoms with van der Waals surface area (Å²) in [6.45, 7) is -0.492. The van der Waals surface area contributed by atoms with Crippen LogP contribution in [0.4, 0.5) is 9.18 Å². The molecule has 0 bridgehead atoms. The van der Waals surface area contributed by atoms with Crippen LogP contribution in [0.5, 0.6) is 0 Å². The smallest absolute Gasteiger partial charge is 0.407 e. The van der Waals surface area contributed by atoms with E-state index in [4.69, 9.17) is 4.74 Å². The minimum absolute atomic E-state index is 0.0202. The second kappa shape index (κ2) is 8.68. The highest BCUT2D eigenvalue weighted by Gasteiger charge is 2.27. The van der Waals surface area contributed by atoms with E-state index >= 15 is 0 Å². The van der Waals surface area contributed by atoms with E-state index in [9.17, 15) is 22.7 Å². The molecule has 1 aromatic carbocycles. The summed E-state index contributed by atoms with van der Waals surface area (Å²) in [5.41, 5.74) is 0.581. The number of nitrogens with one attached hydrogen (secondary N) is 1. The molecule has 0 spiro atoms. The maximum Gasteiger partial charge on any atom is 0.407 e. The van der Waals surface area contributed by atoms with Gasteiger partial charge in [-0.05, 0) is 35.9 Å². The van der Waals surface area contributed by atoms with Gasteiger partial charge in [-0.1, -0.05) is 12.1 Å². The van der Waals surface area contributed by atoms with Gasteiger partial charge in [-0.15, -0.1) is 11.3 Å². The van der Waals surface area contributed by atoms with Crippen LogP contribution in [0.25, 0.3) is 11.1 Å². The second-order valence-corrected chi connectivity index (χ2v) is 9.17. The van der Waals surface area contributed by atoms with Crippen LogP contribution in [-0.2, 0) is 27.8 Å². The summed E-state index contributed by atoms with van der Waals surface area (Å²) in [5.74, 6) is -0.815. The van der Waals surface area contributed by atoms with Crippen LogP contribution in [0, 0.1) is 5.95 Å². The number of thiophene rings is 1. The summed E-state index contributed by atoms with van der Waals surface area (Å²) in [4.78, 5) is 15.3. The first kappa shape index (κ1) is 20.9. The van der Waals surface area contributed by atoms with Gasteiger partial charge in [0.25, 0.3) is 0 Å². The Morgan fingerprint density at radius 2 is 2.03 bits per heavy atom. The largest absolute Gasteiger partial charge is 0.444 e. The first-order valence-corrected chi connectivity index (χ1v) is 10.7. The average molecular weight is 436 g/mol. The number of pyridine rings is 1. The van der Waals surface area contributed by atoms with Crippen LogP contribution >= 0.6 is 11.3 Å². The summed E-state index contributed by atoms with van der Waals surface area (Å²) in [6.07, 6.45) is 0.590. The lowest BCUT2D eigenvalue weighted by molar-refractivity contribution is 0.143. The molecule has 1 amide bonds. The molecule has 2 heterocycles. The van der Waals surface area contributed by atoms with E-state index in [0.29, 0.717) is 10.4 Å². The zero-order valence-corrected chi connectivity index (χ0v) is 16.9. The maximum absolute atomic E-state index is 14.3. The van der Waals surface area contributed by atoms with Crippen LogP contribution in [0.3, 0.4) is 0 Å². The molecule has 0 aliphatic heterocycles. The van der Waals surface area contributed by atoms with Gasteiger partial charge in [0.1, 0.15) is 10.8 Å². The third kappa shape index (κ3) is 4.44. The Balaban J connectivity index is 2.14. The molecule has 0 radical (unpaired) electrons. The molecular weight excluding hydrogens is 419 g/mol. The lowest BCUT2D eigenvalue weighted by Crippen LogP contribution is -2.18. The number of aromatic nitrogens is 1. The molecule has 2 N–H and O–H groups in total. The van der Waals surface area contributed by atoms with Crippen molar-refractivity contribution in [2.75, 3.05) is 7.05 Å². The van der Waals surface area contributed by atoms with Crippen molar-refractivity contribution in [3.63, 3.8) is 0 Å². The minimum Gasteiger partial charge on any atom is -0.444 e. The predicted molar refractivity (Wildman–Crippen MR) is 105 cm³/mol. The zero-order valence-electron chi connectivity index (χ0n) is 15.3. The van der Waals surface area contributed by atoms with E-state index < -0.39 is 21.9 Å². The molecule has 10 heteroatoms. The lowest BCUT2D eigenvalue weighted by atomic mass is 10.1. The van der Waals surface area contributed by atoms with Gasteiger partial charge < -0.3 is 15.2 Å².